The number of amides is 1. The first-order valence-electron chi connectivity index (χ1n) is 9.22. The van der Waals surface area contributed by atoms with Crippen molar-refractivity contribution in [2.24, 2.45) is 0 Å². The predicted octanol–water partition coefficient (Wildman–Crippen LogP) is 4.23. The van der Waals surface area contributed by atoms with Gasteiger partial charge in [0, 0.05) is 10.2 Å². The molecule has 0 unspecified atom stereocenters. The fourth-order valence-corrected chi connectivity index (χ4v) is 4.40. The molecule has 30 heavy (non-hydrogen) atoms. The number of carbonyl (C=O) groups is 1. The highest BCUT2D eigenvalue weighted by atomic mass is 79.9. The smallest absolute Gasteiger partial charge is 0.325 e. The Morgan fingerprint density at radius 3 is 2.53 bits per heavy atom. The van der Waals surface area contributed by atoms with Crippen LogP contribution >= 0.6 is 27.3 Å². The minimum absolute atomic E-state index is 0.201. The highest BCUT2D eigenvalue weighted by Gasteiger charge is 2.19. The van der Waals surface area contributed by atoms with Crippen molar-refractivity contribution >= 4 is 49.1 Å². The molecule has 0 atom stereocenters. The molecule has 0 spiro atoms. The minimum Gasteiger partial charge on any atom is -0.325 e. The van der Waals surface area contributed by atoms with Crippen LogP contribution in [-0.4, -0.2) is 15.0 Å². The molecule has 0 fully saturated rings. The maximum atomic E-state index is 13.3. The number of aryl methyl sites for hydroxylation is 1. The molecule has 1 amide bonds. The van der Waals surface area contributed by atoms with Crippen LogP contribution in [-0.2, 0) is 11.3 Å². The Balaban J connectivity index is 1.82. The predicted molar refractivity (Wildman–Crippen MR) is 124 cm³/mol. The quantitative estimate of drug-likeness (QED) is 0.471. The number of halogens is 1. The Morgan fingerprint density at radius 2 is 1.80 bits per heavy atom. The fraction of sp³-hybridized carbons (Fsp3) is 0.136. The number of thiophene rings is 1. The van der Waals surface area contributed by atoms with Gasteiger partial charge < -0.3 is 5.32 Å². The summed E-state index contributed by atoms with van der Waals surface area (Å²) >= 11 is 4.61. The molecular weight excluding hydrogens is 466 g/mol. The van der Waals surface area contributed by atoms with E-state index in [-0.39, 0.29) is 18.0 Å². The van der Waals surface area contributed by atoms with Gasteiger partial charge in [-0.05, 0) is 66.8 Å². The molecule has 0 saturated heterocycles. The molecule has 152 valence electrons. The summed E-state index contributed by atoms with van der Waals surface area (Å²) in [5.41, 5.74) is 2.53. The van der Waals surface area contributed by atoms with Crippen LogP contribution < -0.4 is 16.6 Å². The van der Waals surface area contributed by atoms with Gasteiger partial charge in [0.2, 0.25) is 5.91 Å². The summed E-state index contributed by atoms with van der Waals surface area (Å²) in [6, 6.07) is 14.4. The maximum Gasteiger partial charge on any atom is 0.336 e. The van der Waals surface area contributed by atoms with E-state index in [1.54, 1.807) is 29.6 Å². The number of nitrogens with zero attached hydrogens (tertiary/aromatic N) is 2. The van der Waals surface area contributed by atoms with Gasteiger partial charge in [0.15, 0.2) is 0 Å². The summed E-state index contributed by atoms with van der Waals surface area (Å²) in [6.45, 7) is 3.60. The van der Waals surface area contributed by atoms with Gasteiger partial charge >= 0.3 is 5.69 Å². The highest BCUT2D eigenvalue weighted by molar-refractivity contribution is 9.10. The molecule has 2 aromatic carbocycles. The van der Waals surface area contributed by atoms with Gasteiger partial charge in [-0.25, -0.2) is 9.36 Å². The third-order valence-corrected chi connectivity index (χ3v) is 6.42. The van der Waals surface area contributed by atoms with Crippen LogP contribution in [0.5, 0.6) is 0 Å². The summed E-state index contributed by atoms with van der Waals surface area (Å²) in [7, 11) is 0. The molecule has 0 aliphatic heterocycles. The number of hydrogen-bond donors (Lipinski definition) is 1. The number of aromatic nitrogens is 2. The van der Waals surface area contributed by atoms with Gasteiger partial charge in [-0.15, -0.1) is 11.3 Å². The Morgan fingerprint density at radius 1 is 1.07 bits per heavy atom. The fourth-order valence-electron chi connectivity index (χ4n) is 3.31. The molecule has 4 rings (SSSR count). The van der Waals surface area contributed by atoms with Crippen LogP contribution in [0, 0.1) is 13.8 Å². The lowest BCUT2D eigenvalue weighted by Crippen LogP contribution is -2.40. The average molecular weight is 484 g/mol. The number of benzene rings is 2. The van der Waals surface area contributed by atoms with E-state index < -0.39 is 5.69 Å². The van der Waals surface area contributed by atoms with E-state index in [2.05, 4.69) is 21.2 Å². The minimum atomic E-state index is -0.537. The zero-order valence-electron chi connectivity index (χ0n) is 16.3. The molecule has 0 bridgehead atoms. The lowest BCUT2D eigenvalue weighted by atomic mass is 10.1. The van der Waals surface area contributed by atoms with Gasteiger partial charge in [-0.3, -0.25) is 14.2 Å². The molecule has 8 heteroatoms. The van der Waals surface area contributed by atoms with E-state index in [0.717, 1.165) is 20.2 Å². The van der Waals surface area contributed by atoms with Crippen molar-refractivity contribution in [1.82, 2.24) is 9.13 Å². The molecule has 1 N–H and O–H groups in total. The van der Waals surface area contributed by atoms with Crippen molar-refractivity contribution < 1.29 is 4.79 Å². The third kappa shape index (κ3) is 3.64. The van der Waals surface area contributed by atoms with Crippen LogP contribution in [0.4, 0.5) is 5.69 Å². The number of fused-ring (bicyclic) bond motifs is 1. The molecule has 2 aromatic heterocycles. The van der Waals surface area contributed by atoms with E-state index in [1.807, 2.05) is 38.1 Å². The molecule has 2 heterocycles. The molecule has 0 aliphatic rings. The van der Waals surface area contributed by atoms with Crippen molar-refractivity contribution in [2.75, 3.05) is 5.32 Å². The number of nitrogens with one attached hydrogen (secondary N) is 1. The van der Waals surface area contributed by atoms with Crippen molar-refractivity contribution in [2.45, 2.75) is 20.4 Å². The molecule has 6 nitrogen and oxygen atoms in total. The van der Waals surface area contributed by atoms with Gasteiger partial charge in [-0.1, -0.05) is 28.1 Å². The van der Waals surface area contributed by atoms with Crippen molar-refractivity contribution in [3.05, 3.63) is 90.3 Å². The largest absolute Gasteiger partial charge is 0.336 e. The first-order valence-corrected chi connectivity index (χ1v) is 10.9. The van der Waals surface area contributed by atoms with Gasteiger partial charge in [0.05, 0.1) is 11.2 Å². The van der Waals surface area contributed by atoms with Crippen LogP contribution in [0.25, 0.3) is 15.9 Å². The van der Waals surface area contributed by atoms with E-state index in [0.29, 0.717) is 21.6 Å². The average Bonchev–Trinajstić information content (AvgIpc) is 3.20. The van der Waals surface area contributed by atoms with E-state index >= 15 is 0 Å². The van der Waals surface area contributed by atoms with Gasteiger partial charge in [0.1, 0.15) is 11.2 Å². The van der Waals surface area contributed by atoms with E-state index in [4.69, 9.17) is 0 Å². The van der Waals surface area contributed by atoms with Crippen molar-refractivity contribution in [1.29, 1.82) is 0 Å². The van der Waals surface area contributed by atoms with E-state index in [9.17, 15) is 14.4 Å². The summed E-state index contributed by atoms with van der Waals surface area (Å²) in [5.74, 6) is -0.349. The zero-order chi connectivity index (χ0) is 21.4. The second-order valence-corrected chi connectivity index (χ2v) is 8.75. The number of anilines is 1. The Hall–Kier alpha value is -2.97. The number of carbonyl (C=O) groups excluding carboxylic acids is 1. The number of rotatable bonds is 4. The second-order valence-electron chi connectivity index (χ2n) is 6.92. The Bertz CT molecular complexity index is 1380. The normalized spacial score (nSPS) is 11.0. The lowest BCUT2D eigenvalue weighted by Gasteiger charge is -2.14. The Kier molecular flexibility index (Phi) is 5.44. The Labute approximate surface area is 184 Å². The second kappa shape index (κ2) is 8.04. The lowest BCUT2D eigenvalue weighted by molar-refractivity contribution is -0.116. The topological polar surface area (TPSA) is 73.1 Å². The van der Waals surface area contributed by atoms with Crippen molar-refractivity contribution in [3.8, 4) is 5.69 Å². The van der Waals surface area contributed by atoms with Crippen LogP contribution in [0.1, 0.15) is 11.1 Å². The monoisotopic (exact) mass is 483 g/mol. The maximum absolute atomic E-state index is 13.3. The van der Waals surface area contributed by atoms with Crippen LogP contribution in [0.3, 0.4) is 0 Å². The van der Waals surface area contributed by atoms with Crippen molar-refractivity contribution in [3.63, 3.8) is 0 Å². The summed E-state index contributed by atoms with van der Waals surface area (Å²) in [4.78, 5) is 39.1. The summed E-state index contributed by atoms with van der Waals surface area (Å²) in [6.07, 6.45) is 0. The molecular formula is C22H18BrN3O3S. The van der Waals surface area contributed by atoms with Gasteiger partial charge in [0.25, 0.3) is 5.56 Å². The van der Waals surface area contributed by atoms with E-state index in [1.165, 1.54) is 15.9 Å². The molecule has 0 aliphatic carbocycles. The third-order valence-electron chi connectivity index (χ3n) is 5.00. The van der Waals surface area contributed by atoms with Crippen LogP contribution in [0.2, 0.25) is 0 Å². The first-order chi connectivity index (χ1) is 14.4. The standard InChI is InChI=1S/C22H18BrN3O3S/c1-13-4-3-5-17(14(13)2)26-21(28)20-18(10-11-30-20)25(22(26)29)12-19(27)24-16-8-6-15(23)7-9-16/h3-11H,12H2,1-2H3,(H,24,27). The number of hydrogen-bond acceptors (Lipinski definition) is 4. The summed E-state index contributed by atoms with van der Waals surface area (Å²) in [5, 5.41) is 4.54. The molecule has 4 aromatic rings. The first kappa shape index (κ1) is 20.3. The van der Waals surface area contributed by atoms with Crippen LogP contribution in [0.15, 0.2) is 68.0 Å². The molecule has 0 radical (unpaired) electrons. The zero-order valence-corrected chi connectivity index (χ0v) is 18.7. The SMILES string of the molecule is Cc1cccc(-n2c(=O)c3sccc3n(CC(=O)Nc3ccc(Br)cc3)c2=O)c1C. The van der Waals surface area contributed by atoms with Gasteiger partial charge in [-0.2, -0.15) is 0 Å². The summed E-state index contributed by atoms with van der Waals surface area (Å²) < 4.78 is 3.85. The molecule has 0 saturated carbocycles. The highest BCUT2D eigenvalue weighted by Crippen LogP contribution is 2.19.